The molecular formula is C26H32FN3O16. The van der Waals surface area contributed by atoms with Gasteiger partial charge in [-0.3, -0.25) is 24.2 Å². The minimum absolute atomic E-state index is 0.198. The predicted molar refractivity (Wildman–Crippen MR) is 144 cm³/mol. The van der Waals surface area contributed by atoms with Gasteiger partial charge in [0.15, 0.2) is 40.9 Å². The Balaban J connectivity index is 2.09. The summed E-state index contributed by atoms with van der Waals surface area (Å²) in [6.07, 6.45) is -0.916. The Bertz CT molecular complexity index is 1470. The van der Waals surface area contributed by atoms with E-state index in [1.54, 1.807) is 10.2 Å². The van der Waals surface area contributed by atoms with Gasteiger partial charge in [-0.15, -0.1) is 0 Å². The summed E-state index contributed by atoms with van der Waals surface area (Å²) >= 11 is 0. The molecule has 0 radical (unpaired) electrons. The van der Waals surface area contributed by atoms with Gasteiger partial charge < -0.3 is 71.0 Å². The molecule has 1 atom stereocenters. The normalized spacial score (nSPS) is 19.8. The van der Waals surface area contributed by atoms with E-state index >= 15 is 4.39 Å². The molecule has 1 unspecified atom stereocenters. The lowest BCUT2D eigenvalue weighted by Crippen LogP contribution is -2.79. The third kappa shape index (κ3) is 5.85. The molecule has 46 heavy (non-hydrogen) atoms. The maximum atomic E-state index is 15.2. The molecule has 2 fully saturated rings. The van der Waals surface area contributed by atoms with Crippen molar-refractivity contribution in [2.24, 2.45) is 0 Å². The van der Waals surface area contributed by atoms with Gasteiger partial charge in [-0.1, -0.05) is 6.58 Å². The Morgan fingerprint density at radius 2 is 1.61 bits per heavy atom. The molecule has 2 amide bonds. The van der Waals surface area contributed by atoms with Gasteiger partial charge in [0.2, 0.25) is 0 Å². The minimum Gasteiger partial charge on any atom is -0.505 e. The minimum atomic E-state index is -4.63. The Hall–Kier alpha value is -4.70. The van der Waals surface area contributed by atoms with Crippen LogP contribution in [0.15, 0.2) is 35.2 Å². The van der Waals surface area contributed by atoms with Crippen LogP contribution in [0.2, 0.25) is 0 Å². The predicted octanol–water partition coefficient (Wildman–Crippen LogP) is -3.22. The second-order valence-corrected chi connectivity index (χ2v) is 10.1. The van der Waals surface area contributed by atoms with Gasteiger partial charge in [0, 0.05) is 26.7 Å². The highest BCUT2D eigenvalue weighted by molar-refractivity contribution is 6.05. The number of halogens is 1. The van der Waals surface area contributed by atoms with Crippen LogP contribution in [0.3, 0.4) is 0 Å². The molecular weight excluding hydrogens is 629 g/mol. The summed E-state index contributed by atoms with van der Waals surface area (Å²) in [5.74, 6) is -21.6. The molecule has 1 aromatic rings. The lowest BCUT2D eigenvalue weighted by molar-refractivity contribution is -0.398. The molecule has 20 heteroatoms. The summed E-state index contributed by atoms with van der Waals surface area (Å²) in [4.78, 5) is 38.6. The van der Waals surface area contributed by atoms with Gasteiger partial charge in [-0.25, -0.2) is 4.39 Å². The first-order valence-corrected chi connectivity index (χ1v) is 13.0. The van der Waals surface area contributed by atoms with Crippen molar-refractivity contribution in [3.8, 4) is 17.2 Å². The zero-order valence-electron chi connectivity index (χ0n) is 24.0. The van der Waals surface area contributed by atoms with Crippen LogP contribution in [-0.2, 0) is 37.0 Å². The van der Waals surface area contributed by atoms with E-state index in [0.29, 0.717) is 26.3 Å². The van der Waals surface area contributed by atoms with Crippen LogP contribution in [0.25, 0.3) is 0 Å². The molecule has 0 spiro atoms. The lowest BCUT2D eigenvalue weighted by Gasteiger charge is -2.46. The van der Waals surface area contributed by atoms with Crippen molar-refractivity contribution < 1.29 is 84.4 Å². The number of morpholine rings is 1. The van der Waals surface area contributed by atoms with E-state index in [0.717, 1.165) is 7.05 Å². The standard InChI is InChI=1S/C26H32FN3O16/c1-11(32)17(33)15-12(8-30(21(15)37)25(42,23(39)28-2)26(43,44)24(40,41)10-31)22(38)46-9-14-16(27)18(34)13(19(35)20(14)36)7-29-3-5-45-6-4-29/h10,32-36,38,40-44H,1,3-9H2,2H3,(H,28,39)/b17-15-,22-12+. The van der Waals surface area contributed by atoms with E-state index in [4.69, 9.17) is 9.47 Å². The monoisotopic (exact) mass is 661 g/mol. The van der Waals surface area contributed by atoms with Crippen LogP contribution in [0.4, 0.5) is 4.39 Å². The van der Waals surface area contributed by atoms with Crippen molar-refractivity contribution in [3.63, 3.8) is 0 Å². The Morgan fingerprint density at radius 1 is 1.04 bits per heavy atom. The highest BCUT2D eigenvalue weighted by Crippen LogP contribution is 2.44. The lowest BCUT2D eigenvalue weighted by atomic mass is 9.91. The maximum absolute atomic E-state index is 15.2. The molecule has 12 N–H and O–H groups in total. The van der Waals surface area contributed by atoms with Gasteiger partial charge in [-0.05, 0) is 0 Å². The molecule has 0 aliphatic carbocycles. The molecule has 0 bridgehead atoms. The molecule has 1 aromatic carbocycles. The number of nitrogens with one attached hydrogen (secondary N) is 1. The Morgan fingerprint density at radius 3 is 2.13 bits per heavy atom. The number of aliphatic hydroxyl groups is 8. The number of aliphatic hydroxyl groups excluding tert-OH is 3. The number of aldehydes is 1. The van der Waals surface area contributed by atoms with Crippen LogP contribution in [0.5, 0.6) is 17.2 Å². The largest absolute Gasteiger partial charge is 0.505 e. The number of aromatic hydroxyl groups is 3. The summed E-state index contributed by atoms with van der Waals surface area (Å²) in [6, 6.07) is 0. The number of carbonyl (C=O) groups excluding carboxylic acids is 3. The van der Waals surface area contributed by atoms with Crippen molar-refractivity contribution in [1.29, 1.82) is 0 Å². The molecule has 2 saturated heterocycles. The highest BCUT2D eigenvalue weighted by Gasteiger charge is 2.71. The summed E-state index contributed by atoms with van der Waals surface area (Å²) in [6.45, 7) is 1.52. The number of nitrogens with zero attached hydrogens (tertiary/aromatic N) is 2. The van der Waals surface area contributed by atoms with Crippen LogP contribution < -0.4 is 5.32 Å². The number of carbonyl (C=O) groups is 3. The number of phenolic OH excluding ortho intramolecular Hbond substituents is 3. The van der Waals surface area contributed by atoms with Gasteiger partial charge in [0.25, 0.3) is 35.1 Å². The van der Waals surface area contributed by atoms with Crippen LogP contribution >= 0.6 is 0 Å². The smallest absolute Gasteiger partial charge is 0.285 e. The van der Waals surface area contributed by atoms with Crippen molar-refractivity contribution >= 4 is 18.1 Å². The number of phenols is 3. The van der Waals surface area contributed by atoms with Gasteiger partial charge in [0.1, 0.15) is 6.61 Å². The van der Waals surface area contributed by atoms with E-state index in [-0.39, 0.29) is 17.0 Å². The third-order valence-electron chi connectivity index (χ3n) is 7.34. The first-order valence-electron chi connectivity index (χ1n) is 13.0. The van der Waals surface area contributed by atoms with Crippen LogP contribution in [-0.4, -0.2) is 141 Å². The average Bonchev–Trinajstić information content (AvgIpc) is 3.37. The zero-order chi connectivity index (χ0) is 34.9. The fraction of sp³-hybridized carbons (Fsp3) is 0.423. The number of likely N-dealkylation sites (tertiary alicyclic amines) is 1. The van der Waals surface area contributed by atoms with Crippen LogP contribution in [0.1, 0.15) is 11.1 Å². The first-order chi connectivity index (χ1) is 21.3. The van der Waals surface area contributed by atoms with E-state index in [1.807, 2.05) is 0 Å². The van der Waals surface area contributed by atoms with E-state index < -0.39 is 106 Å². The van der Waals surface area contributed by atoms with Crippen molar-refractivity contribution in [3.05, 3.63) is 52.1 Å². The number of likely N-dealkylation sites (N-methyl/N-ethyl adjacent to an activating group) is 1. The molecule has 2 aliphatic rings. The molecule has 3 rings (SSSR count). The average molecular weight is 662 g/mol. The quantitative estimate of drug-likeness (QED) is 0.0277. The number of benzene rings is 1. The van der Waals surface area contributed by atoms with Crippen molar-refractivity contribution in [2.75, 3.05) is 39.9 Å². The van der Waals surface area contributed by atoms with Crippen molar-refractivity contribution in [1.82, 2.24) is 15.1 Å². The zero-order valence-corrected chi connectivity index (χ0v) is 24.0. The fourth-order valence-corrected chi connectivity index (χ4v) is 4.65. The molecule has 0 aromatic heterocycles. The van der Waals surface area contributed by atoms with Gasteiger partial charge >= 0.3 is 0 Å². The molecule has 0 saturated carbocycles. The fourth-order valence-electron chi connectivity index (χ4n) is 4.65. The Labute approximate surface area is 257 Å². The molecule has 19 nitrogen and oxygen atoms in total. The Kier molecular flexibility index (Phi) is 10.1. The number of hydrogen-bond donors (Lipinski definition) is 12. The maximum Gasteiger partial charge on any atom is 0.285 e. The number of amides is 2. The van der Waals surface area contributed by atoms with Crippen LogP contribution in [0, 0.1) is 5.82 Å². The van der Waals surface area contributed by atoms with Gasteiger partial charge in [0.05, 0.1) is 42.0 Å². The molecule has 2 aliphatic heterocycles. The summed E-state index contributed by atoms with van der Waals surface area (Å²) in [5.41, 5.74) is -7.78. The molecule has 2 heterocycles. The highest BCUT2D eigenvalue weighted by atomic mass is 19.1. The second-order valence-electron chi connectivity index (χ2n) is 10.1. The summed E-state index contributed by atoms with van der Waals surface area (Å²) in [5, 5.41) is 116. The SMILES string of the molecule is C=C(O)/C(O)=C1/C(=O)N(C(O)(C(=O)NC)C(O)(O)C(O)(O)C=O)C/C1=C(/O)OCc1c(O)c(O)c(CN2CCOCC2)c(O)c1F. The summed E-state index contributed by atoms with van der Waals surface area (Å²) in [7, 11) is 0.778. The number of hydrogen-bond acceptors (Lipinski definition) is 17. The van der Waals surface area contributed by atoms with Crippen molar-refractivity contribution in [2.45, 2.75) is 30.5 Å². The number of ether oxygens (including phenoxy) is 2. The first kappa shape index (κ1) is 35.8. The van der Waals surface area contributed by atoms with Gasteiger partial charge in [-0.2, -0.15) is 0 Å². The number of rotatable bonds is 11. The second kappa shape index (κ2) is 13.0. The topological polar surface area (TPSA) is 311 Å². The van der Waals surface area contributed by atoms with E-state index in [2.05, 4.69) is 6.58 Å². The third-order valence-corrected chi connectivity index (χ3v) is 7.34. The van der Waals surface area contributed by atoms with E-state index in [1.165, 1.54) is 0 Å². The summed E-state index contributed by atoms with van der Waals surface area (Å²) < 4.78 is 25.4. The molecule has 254 valence electrons. The van der Waals surface area contributed by atoms with E-state index in [9.17, 15) is 70.6 Å².